The van der Waals surface area contributed by atoms with Gasteiger partial charge in [0.2, 0.25) is 5.91 Å². The summed E-state index contributed by atoms with van der Waals surface area (Å²) < 4.78 is 0. The highest BCUT2D eigenvalue weighted by atomic mass is 16.4. The number of nitrogens with zero attached hydrogens (tertiary/aromatic N) is 4. The Morgan fingerprint density at radius 2 is 0.925 bits per heavy atom. The fourth-order valence-electron chi connectivity index (χ4n) is 8.67. The quantitative estimate of drug-likeness (QED) is 0.0666. The second-order valence-corrected chi connectivity index (χ2v) is 15.8. The van der Waals surface area contributed by atoms with Gasteiger partial charge in [-0.15, -0.1) is 0 Å². The summed E-state index contributed by atoms with van der Waals surface area (Å²) >= 11 is 0. The van der Waals surface area contributed by atoms with E-state index in [4.69, 9.17) is 0 Å². The molecule has 0 aromatic heterocycles. The van der Waals surface area contributed by atoms with E-state index in [1.807, 2.05) is 0 Å². The van der Waals surface area contributed by atoms with Crippen LogP contribution in [-0.2, 0) is 24.0 Å². The molecular weight excluding hydrogens is 680 g/mol. The monoisotopic (exact) mass is 753 g/mol. The van der Waals surface area contributed by atoms with E-state index >= 15 is 0 Å². The van der Waals surface area contributed by atoms with Gasteiger partial charge in [-0.25, -0.2) is 0 Å². The maximum atomic E-state index is 14.2. The molecule has 1 amide bonds. The molecule has 13 heteroatoms. The molecule has 0 atom stereocenters. The summed E-state index contributed by atoms with van der Waals surface area (Å²) in [7, 11) is 0. The van der Waals surface area contributed by atoms with Crippen molar-refractivity contribution in [1.29, 1.82) is 0 Å². The fourth-order valence-corrected chi connectivity index (χ4v) is 8.67. The molecule has 0 aromatic rings. The van der Waals surface area contributed by atoms with Crippen LogP contribution < -0.4 is 0 Å². The third-order valence-electron chi connectivity index (χ3n) is 11.4. The van der Waals surface area contributed by atoms with Crippen molar-refractivity contribution >= 4 is 29.8 Å². The molecule has 13 nitrogen and oxygen atoms in total. The maximum absolute atomic E-state index is 14.2. The molecule has 306 valence electrons. The third kappa shape index (κ3) is 17.9. The van der Waals surface area contributed by atoms with Crippen LogP contribution in [-0.4, -0.2) is 141 Å². The number of carbonyl (C=O) groups is 5. The number of hydrogen-bond donors (Lipinski definition) is 4. The Kier molecular flexibility index (Phi) is 22.8. The Labute approximate surface area is 318 Å². The van der Waals surface area contributed by atoms with Crippen LogP contribution in [0.2, 0.25) is 0 Å². The van der Waals surface area contributed by atoms with Crippen LogP contribution >= 0.6 is 0 Å². The summed E-state index contributed by atoms with van der Waals surface area (Å²) in [6.45, 7) is 4.75. The van der Waals surface area contributed by atoms with Crippen LogP contribution in [0.25, 0.3) is 0 Å². The van der Waals surface area contributed by atoms with E-state index in [9.17, 15) is 44.4 Å². The van der Waals surface area contributed by atoms with Crippen molar-refractivity contribution in [2.45, 2.75) is 148 Å². The average molecular weight is 753 g/mol. The number of amides is 1. The molecule has 4 N–H and O–H groups in total. The first kappa shape index (κ1) is 46.4. The SMILES string of the molecule is CCCCCCCCCCN(CCCCCCCCCC)C(=O)C1CCC(C2(N(CC(=O)O)CC(=O)O)CN(CC(=O)O)CCN(CC(=O)O)C2)CC1. The summed E-state index contributed by atoms with van der Waals surface area (Å²) in [5, 5.41) is 39.2. The molecule has 53 heavy (non-hydrogen) atoms. The predicted octanol–water partition coefficient (Wildman–Crippen LogP) is 5.90. The first-order chi connectivity index (χ1) is 25.4. The standard InChI is InChI=1S/C40H72N4O9/c1-3-5-7-9-11-13-15-17-23-43(24-18-16-14-12-10-8-6-4-2)39(53)33-19-21-34(22-20-33)40(44(29-37(49)50)30-38(51)52)31-41(27-35(45)46)25-26-42(32-40)28-36(47)48/h33-34H,3-32H2,1-2H3,(H,45,46)(H,47,48)(H,49,50)(H,51,52). The number of carboxylic acids is 4. The summed E-state index contributed by atoms with van der Waals surface area (Å²) in [4.78, 5) is 69.1. The summed E-state index contributed by atoms with van der Waals surface area (Å²) in [5.74, 6) is -4.89. The number of hydrogen-bond acceptors (Lipinski definition) is 8. The second kappa shape index (κ2) is 26.1. The molecule has 0 aromatic carbocycles. The molecule has 1 saturated carbocycles. The van der Waals surface area contributed by atoms with Gasteiger partial charge in [0.25, 0.3) is 0 Å². The van der Waals surface area contributed by atoms with Crippen molar-refractivity contribution in [2.75, 3.05) is 65.4 Å². The molecule has 2 rings (SSSR count). The van der Waals surface area contributed by atoms with Crippen LogP contribution in [0.1, 0.15) is 142 Å². The van der Waals surface area contributed by atoms with Gasteiger partial charge >= 0.3 is 23.9 Å². The van der Waals surface area contributed by atoms with E-state index < -0.39 is 42.5 Å². The molecule has 1 aliphatic carbocycles. The van der Waals surface area contributed by atoms with Crippen LogP contribution in [0.15, 0.2) is 0 Å². The number of carboxylic acid groups (broad SMARTS) is 4. The van der Waals surface area contributed by atoms with Crippen molar-refractivity contribution < 1.29 is 44.4 Å². The van der Waals surface area contributed by atoms with E-state index in [0.717, 1.165) is 38.8 Å². The van der Waals surface area contributed by atoms with Gasteiger partial charge in [-0.2, -0.15) is 0 Å². The van der Waals surface area contributed by atoms with Crippen LogP contribution in [0, 0.1) is 11.8 Å². The highest BCUT2D eigenvalue weighted by molar-refractivity contribution is 5.79. The van der Waals surface area contributed by atoms with E-state index in [0.29, 0.717) is 25.7 Å². The first-order valence-corrected chi connectivity index (χ1v) is 20.8. The van der Waals surface area contributed by atoms with Gasteiger partial charge in [0.05, 0.1) is 31.7 Å². The van der Waals surface area contributed by atoms with Gasteiger partial charge in [-0.3, -0.25) is 38.7 Å². The molecule has 0 bridgehead atoms. The van der Waals surface area contributed by atoms with Crippen LogP contribution in [0.5, 0.6) is 0 Å². The van der Waals surface area contributed by atoms with Gasteiger partial charge in [0.15, 0.2) is 0 Å². The minimum absolute atomic E-state index is 0.0856. The van der Waals surface area contributed by atoms with Crippen molar-refractivity contribution in [3.63, 3.8) is 0 Å². The molecule has 2 fully saturated rings. The normalized spacial score (nSPS) is 19.5. The Balaban J connectivity index is 2.24. The predicted molar refractivity (Wildman–Crippen MR) is 205 cm³/mol. The highest BCUT2D eigenvalue weighted by Gasteiger charge is 2.50. The Hall–Kier alpha value is -2.77. The zero-order valence-electron chi connectivity index (χ0n) is 33.0. The Morgan fingerprint density at radius 3 is 1.28 bits per heavy atom. The van der Waals surface area contributed by atoms with Gasteiger partial charge in [0.1, 0.15) is 0 Å². The van der Waals surface area contributed by atoms with Gasteiger partial charge < -0.3 is 25.3 Å². The largest absolute Gasteiger partial charge is 0.480 e. The first-order valence-electron chi connectivity index (χ1n) is 20.8. The molecule has 0 spiro atoms. The van der Waals surface area contributed by atoms with Crippen molar-refractivity contribution in [3.05, 3.63) is 0 Å². The van der Waals surface area contributed by atoms with Crippen LogP contribution in [0.4, 0.5) is 0 Å². The number of rotatable bonds is 29. The zero-order chi connectivity index (χ0) is 39.1. The molecule has 2 aliphatic rings. The lowest BCUT2D eigenvalue weighted by atomic mass is 9.69. The topological polar surface area (TPSA) is 179 Å². The zero-order valence-corrected chi connectivity index (χ0v) is 33.0. The minimum Gasteiger partial charge on any atom is -0.480 e. The summed E-state index contributed by atoms with van der Waals surface area (Å²) in [6, 6.07) is 0. The van der Waals surface area contributed by atoms with Gasteiger partial charge in [-0.1, -0.05) is 104 Å². The third-order valence-corrected chi connectivity index (χ3v) is 11.4. The van der Waals surface area contributed by atoms with E-state index in [1.54, 1.807) is 9.80 Å². The molecule has 1 aliphatic heterocycles. The lowest BCUT2D eigenvalue weighted by Crippen LogP contribution is -2.66. The van der Waals surface area contributed by atoms with E-state index in [2.05, 4.69) is 18.7 Å². The van der Waals surface area contributed by atoms with Gasteiger partial charge in [0, 0.05) is 45.2 Å². The van der Waals surface area contributed by atoms with Crippen molar-refractivity contribution in [1.82, 2.24) is 19.6 Å². The average Bonchev–Trinajstić information content (AvgIpc) is 3.27. The second-order valence-electron chi connectivity index (χ2n) is 15.8. The summed E-state index contributed by atoms with van der Waals surface area (Å²) in [6.07, 6.45) is 21.2. The molecular formula is C40H72N4O9. The lowest BCUT2D eigenvalue weighted by Gasteiger charge is -2.52. The Bertz CT molecular complexity index is 1040. The van der Waals surface area contributed by atoms with E-state index in [1.165, 1.54) is 81.9 Å². The number of unbranched alkanes of at least 4 members (excludes halogenated alkanes) is 14. The Morgan fingerprint density at radius 1 is 0.547 bits per heavy atom. The van der Waals surface area contributed by atoms with Crippen LogP contribution in [0.3, 0.4) is 0 Å². The molecule has 0 unspecified atom stereocenters. The van der Waals surface area contributed by atoms with E-state index in [-0.39, 0.29) is 57.0 Å². The summed E-state index contributed by atoms with van der Waals surface area (Å²) in [5.41, 5.74) is -1.15. The molecule has 1 saturated heterocycles. The molecule has 0 radical (unpaired) electrons. The minimum atomic E-state index is -1.22. The highest BCUT2D eigenvalue weighted by Crippen LogP contribution is 2.41. The number of carbonyl (C=O) groups excluding carboxylic acids is 1. The van der Waals surface area contributed by atoms with Gasteiger partial charge in [-0.05, 0) is 44.4 Å². The fraction of sp³-hybridized carbons (Fsp3) is 0.875. The number of aliphatic carboxylic acids is 4. The smallest absolute Gasteiger partial charge is 0.317 e. The molecule has 1 heterocycles. The van der Waals surface area contributed by atoms with Crippen molar-refractivity contribution in [3.8, 4) is 0 Å². The lowest BCUT2D eigenvalue weighted by molar-refractivity contribution is -0.150. The maximum Gasteiger partial charge on any atom is 0.317 e. The van der Waals surface area contributed by atoms with Crippen molar-refractivity contribution in [2.24, 2.45) is 11.8 Å².